The van der Waals surface area contributed by atoms with Crippen molar-refractivity contribution >= 4 is 15.9 Å². The number of nitrogens with two attached hydrogens (primary N) is 1. The molecule has 0 aliphatic rings. The van der Waals surface area contributed by atoms with Crippen molar-refractivity contribution < 1.29 is 0 Å². The van der Waals surface area contributed by atoms with Crippen LogP contribution in [0.15, 0.2) is 28.7 Å². The van der Waals surface area contributed by atoms with Gasteiger partial charge in [0.25, 0.3) is 0 Å². The van der Waals surface area contributed by atoms with Gasteiger partial charge in [-0.3, -0.25) is 0 Å². The minimum atomic E-state index is 0.742. The van der Waals surface area contributed by atoms with Crippen molar-refractivity contribution in [2.75, 3.05) is 26.2 Å². The van der Waals surface area contributed by atoms with Crippen molar-refractivity contribution in [3.8, 4) is 0 Å². The topological polar surface area (TPSA) is 29.3 Å². The van der Waals surface area contributed by atoms with E-state index in [1.54, 1.807) is 0 Å². The van der Waals surface area contributed by atoms with Crippen molar-refractivity contribution in [2.45, 2.75) is 13.3 Å². The second kappa shape index (κ2) is 6.99. The molecule has 0 aliphatic heterocycles. The Morgan fingerprint density at radius 2 is 2.13 bits per heavy atom. The highest BCUT2D eigenvalue weighted by atomic mass is 79.9. The molecule has 1 aromatic carbocycles. The lowest BCUT2D eigenvalue weighted by Crippen LogP contribution is -2.31. The summed E-state index contributed by atoms with van der Waals surface area (Å²) in [5.74, 6) is 0. The van der Waals surface area contributed by atoms with Crippen molar-refractivity contribution in [3.63, 3.8) is 0 Å². The maximum Gasteiger partial charge on any atom is 0.0178 e. The molecule has 2 N–H and O–H groups in total. The van der Waals surface area contributed by atoms with Crippen LogP contribution in [0, 0.1) is 0 Å². The summed E-state index contributed by atoms with van der Waals surface area (Å²) >= 11 is 3.48. The quantitative estimate of drug-likeness (QED) is 0.860. The average molecular weight is 271 g/mol. The molecule has 0 amide bonds. The van der Waals surface area contributed by atoms with Gasteiger partial charge in [0, 0.05) is 24.1 Å². The first kappa shape index (κ1) is 12.7. The summed E-state index contributed by atoms with van der Waals surface area (Å²) in [6.45, 7) is 6.07. The van der Waals surface area contributed by atoms with Gasteiger partial charge in [0.2, 0.25) is 0 Å². The molecule has 0 aliphatic carbocycles. The van der Waals surface area contributed by atoms with Crippen molar-refractivity contribution in [1.29, 1.82) is 0 Å². The SMILES string of the molecule is CCN(CCN)CCc1cccc(Br)c1. The molecule has 0 saturated carbocycles. The van der Waals surface area contributed by atoms with Crippen molar-refractivity contribution in [3.05, 3.63) is 34.3 Å². The van der Waals surface area contributed by atoms with Crippen LogP contribution in [0.3, 0.4) is 0 Å². The number of benzene rings is 1. The van der Waals surface area contributed by atoms with Crippen LogP contribution < -0.4 is 5.73 Å². The predicted molar refractivity (Wildman–Crippen MR) is 69.0 cm³/mol. The molecule has 0 saturated heterocycles. The third-order valence-electron chi connectivity index (χ3n) is 2.50. The van der Waals surface area contributed by atoms with Crippen LogP contribution >= 0.6 is 15.9 Å². The molecule has 0 unspecified atom stereocenters. The molecule has 0 aromatic heterocycles. The van der Waals surface area contributed by atoms with E-state index in [2.05, 4.69) is 52.0 Å². The molecule has 1 aromatic rings. The van der Waals surface area contributed by atoms with Gasteiger partial charge in [0.1, 0.15) is 0 Å². The van der Waals surface area contributed by atoms with Crippen LogP contribution in [-0.2, 0) is 6.42 Å². The summed E-state index contributed by atoms with van der Waals surface area (Å²) in [6.07, 6.45) is 1.09. The largest absolute Gasteiger partial charge is 0.329 e. The molecule has 84 valence electrons. The van der Waals surface area contributed by atoms with Crippen LogP contribution in [0.1, 0.15) is 12.5 Å². The fraction of sp³-hybridized carbons (Fsp3) is 0.500. The molecule has 15 heavy (non-hydrogen) atoms. The first-order valence-corrected chi connectivity index (χ1v) is 6.22. The van der Waals surface area contributed by atoms with Crippen LogP contribution in [0.2, 0.25) is 0 Å². The molecule has 0 radical (unpaired) electrons. The van der Waals surface area contributed by atoms with Gasteiger partial charge < -0.3 is 10.6 Å². The number of halogens is 1. The van der Waals surface area contributed by atoms with E-state index in [0.29, 0.717) is 0 Å². The molecule has 0 spiro atoms. The lowest BCUT2D eigenvalue weighted by atomic mass is 10.1. The molecular formula is C12H19BrN2. The number of hydrogen-bond donors (Lipinski definition) is 1. The number of likely N-dealkylation sites (N-methyl/N-ethyl adjacent to an activating group) is 1. The summed E-state index contributed by atoms with van der Waals surface area (Å²) in [7, 11) is 0. The third-order valence-corrected chi connectivity index (χ3v) is 2.99. The third kappa shape index (κ3) is 4.78. The van der Waals surface area contributed by atoms with Gasteiger partial charge in [0.15, 0.2) is 0 Å². The molecule has 2 nitrogen and oxygen atoms in total. The standard InChI is InChI=1S/C12H19BrN2/c1-2-15(9-7-14)8-6-11-4-3-5-12(13)10-11/h3-5,10H,2,6-9,14H2,1H3. The molecular weight excluding hydrogens is 252 g/mol. The summed E-state index contributed by atoms with van der Waals surface area (Å²) in [4.78, 5) is 2.38. The fourth-order valence-corrected chi connectivity index (χ4v) is 2.04. The maximum atomic E-state index is 5.55. The van der Waals surface area contributed by atoms with Gasteiger partial charge in [-0.1, -0.05) is 35.0 Å². The second-order valence-electron chi connectivity index (χ2n) is 3.60. The van der Waals surface area contributed by atoms with E-state index in [9.17, 15) is 0 Å². The van der Waals surface area contributed by atoms with Gasteiger partial charge in [-0.25, -0.2) is 0 Å². The van der Waals surface area contributed by atoms with Crippen LogP contribution in [0.25, 0.3) is 0 Å². The number of hydrogen-bond acceptors (Lipinski definition) is 2. The summed E-state index contributed by atoms with van der Waals surface area (Å²) in [5, 5.41) is 0. The van der Waals surface area contributed by atoms with Gasteiger partial charge in [-0.05, 0) is 30.7 Å². The average Bonchev–Trinajstić information content (AvgIpc) is 2.24. The Balaban J connectivity index is 2.41. The van der Waals surface area contributed by atoms with E-state index < -0.39 is 0 Å². The minimum absolute atomic E-state index is 0.742. The highest BCUT2D eigenvalue weighted by Gasteiger charge is 2.01. The smallest absolute Gasteiger partial charge is 0.0178 e. The molecule has 0 bridgehead atoms. The van der Waals surface area contributed by atoms with E-state index in [-0.39, 0.29) is 0 Å². The van der Waals surface area contributed by atoms with Gasteiger partial charge in [-0.15, -0.1) is 0 Å². The van der Waals surface area contributed by atoms with Gasteiger partial charge >= 0.3 is 0 Å². The van der Waals surface area contributed by atoms with Gasteiger partial charge in [0.05, 0.1) is 0 Å². The van der Waals surface area contributed by atoms with Gasteiger partial charge in [-0.2, -0.15) is 0 Å². The Kier molecular flexibility index (Phi) is 5.91. The first-order valence-electron chi connectivity index (χ1n) is 5.43. The second-order valence-corrected chi connectivity index (χ2v) is 4.52. The molecule has 3 heteroatoms. The Morgan fingerprint density at radius 3 is 2.73 bits per heavy atom. The monoisotopic (exact) mass is 270 g/mol. The molecule has 0 heterocycles. The van der Waals surface area contributed by atoms with Crippen LogP contribution in [0.4, 0.5) is 0 Å². The highest BCUT2D eigenvalue weighted by molar-refractivity contribution is 9.10. The van der Waals surface area contributed by atoms with E-state index in [1.165, 1.54) is 5.56 Å². The Labute approximate surface area is 101 Å². The van der Waals surface area contributed by atoms with E-state index in [4.69, 9.17) is 5.73 Å². The molecule has 1 rings (SSSR count). The van der Waals surface area contributed by atoms with E-state index in [1.807, 2.05) is 0 Å². The van der Waals surface area contributed by atoms with E-state index >= 15 is 0 Å². The lowest BCUT2D eigenvalue weighted by Gasteiger charge is -2.19. The zero-order valence-electron chi connectivity index (χ0n) is 9.25. The lowest BCUT2D eigenvalue weighted by molar-refractivity contribution is 0.300. The molecule has 0 atom stereocenters. The molecule has 0 fully saturated rings. The van der Waals surface area contributed by atoms with E-state index in [0.717, 1.165) is 37.1 Å². The van der Waals surface area contributed by atoms with Crippen molar-refractivity contribution in [2.24, 2.45) is 5.73 Å². The van der Waals surface area contributed by atoms with Crippen LogP contribution in [0.5, 0.6) is 0 Å². The summed E-state index contributed by atoms with van der Waals surface area (Å²) in [6, 6.07) is 8.48. The summed E-state index contributed by atoms with van der Waals surface area (Å²) < 4.78 is 1.15. The Morgan fingerprint density at radius 1 is 1.33 bits per heavy atom. The maximum absolute atomic E-state index is 5.55. The zero-order chi connectivity index (χ0) is 11.1. The number of nitrogens with zero attached hydrogens (tertiary/aromatic N) is 1. The predicted octanol–water partition coefficient (Wildman–Crippen LogP) is 2.27. The Hall–Kier alpha value is -0.380. The Bertz CT molecular complexity index is 289. The highest BCUT2D eigenvalue weighted by Crippen LogP contribution is 2.12. The number of rotatable bonds is 6. The first-order chi connectivity index (χ1) is 7.26. The van der Waals surface area contributed by atoms with Crippen molar-refractivity contribution in [1.82, 2.24) is 4.90 Å². The normalized spacial score (nSPS) is 10.9. The van der Waals surface area contributed by atoms with Crippen LogP contribution in [-0.4, -0.2) is 31.1 Å². The fourth-order valence-electron chi connectivity index (χ4n) is 1.59. The minimum Gasteiger partial charge on any atom is -0.329 e. The summed E-state index contributed by atoms with van der Waals surface area (Å²) in [5.41, 5.74) is 6.92. The zero-order valence-corrected chi connectivity index (χ0v) is 10.8.